The number of nitrogens with zero attached hydrogens (tertiary/aromatic N) is 6. The molecule has 0 radical (unpaired) electrons. The summed E-state index contributed by atoms with van der Waals surface area (Å²) in [5, 5.41) is 21.1. The van der Waals surface area contributed by atoms with Gasteiger partial charge in [-0.2, -0.15) is 0 Å². The minimum absolute atomic E-state index is 0.0499. The van der Waals surface area contributed by atoms with E-state index in [-0.39, 0.29) is 134 Å². The van der Waals surface area contributed by atoms with Crippen molar-refractivity contribution in [2.75, 3.05) is 66.2 Å². The van der Waals surface area contributed by atoms with E-state index >= 15 is 9.59 Å². The Kier molecular flexibility index (Phi) is 24.9. The van der Waals surface area contributed by atoms with Crippen LogP contribution in [0, 0.1) is 35.5 Å². The Balaban J connectivity index is 0.824. The van der Waals surface area contributed by atoms with Crippen LogP contribution in [0.2, 0.25) is 0 Å². The van der Waals surface area contributed by atoms with Gasteiger partial charge in [-0.25, -0.2) is 29.9 Å². The average Bonchev–Trinajstić information content (AvgIpc) is 0.760. The van der Waals surface area contributed by atoms with Crippen LogP contribution in [0.3, 0.4) is 0 Å². The molecule has 0 aliphatic carbocycles. The molecule has 13 aromatic rings. The largest absolute Gasteiger partial charge is 0.493 e. The summed E-state index contributed by atoms with van der Waals surface area (Å²) in [5.41, 5.74) is 3.70. The van der Waals surface area contributed by atoms with Gasteiger partial charge in [0, 0.05) is 74.4 Å². The number of aromatic nitrogens is 6. The first-order chi connectivity index (χ1) is 55.8. The number of nitrogens with one attached hydrogen (secondary N) is 6. The molecule has 13 rings (SSSR count). The lowest BCUT2D eigenvalue weighted by atomic mass is 10.1. The van der Waals surface area contributed by atoms with Crippen LogP contribution in [0.1, 0.15) is 165 Å². The maximum Gasteiger partial charge on any atom is 0.274 e. The lowest BCUT2D eigenvalue weighted by molar-refractivity contribution is 0.0932. The molecule has 0 bridgehead atoms. The number of ether oxygens (including phenoxy) is 6. The second-order valence-corrected chi connectivity index (χ2v) is 31.2. The van der Waals surface area contributed by atoms with Crippen LogP contribution < -0.4 is 60.3 Å². The van der Waals surface area contributed by atoms with E-state index in [0.29, 0.717) is 110 Å². The molecule has 0 saturated carbocycles. The van der Waals surface area contributed by atoms with Crippen LogP contribution in [0.5, 0.6) is 34.5 Å². The fourth-order valence-corrected chi connectivity index (χ4v) is 12.7. The number of para-hydroxylation sites is 5. The van der Waals surface area contributed by atoms with E-state index in [2.05, 4.69) is 31.9 Å². The molecule has 6 aromatic heterocycles. The lowest BCUT2D eigenvalue weighted by Gasteiger charge is -2.18. The fraction of sp³-hybridized carbons (Fsp3) is 0.283. The molecule has 0 fully saturated rings. The number of anilines is 5. The molecule has 6 N–H and O–H groups in total. The number of carbonyl (C=O) groups is 6. The van der Waals surface area contributed by atoms with E-state index in [1.807, 2.05) is 175 Å². The van der Waals surface area contributed by atoms with E-state index in [1.165, 1.54) is 12.1 Å². The molecular formula is C92H94N12O12. The molecular weight excluding hydrogens is 1470 g/mol. The smallest absolute Gasteiger partial charge is 0.274 e. The highest BCUT2D eigenvalue weighted by Gasteiger charge is 2.28. The van der Waals surface area contributed by atoms with Gasteiger partial charge < -0.3 is 60.3 Å². The Bertz CT molecular complexity index is 5880. The van der Waals surface area contributed by atoms with Crippen LogP contribution in [-0.2, 0) is 0 Å². The Morgan fingerprint density at radius 2 is 0.466 bits per heavy atom. The summed E-state index contributed by atoms with van der Waals surface area (Å²) in [6, 6.07) is 52.0. The van der Waals surface area contributed by atoms with Crippen molar-refractivity contribution in [1.82, 2.24) is 35.2 Å². The van der Waals surface area contributed by atoms with Crippen molar-refractivity contribution in [2.24, 2.45) is 35.5 Å². The van der Waals surface area contributed by atoms with Crippen LogP contribution in [0.15, 0.2) is 182 Å². The Morgan fingerprint density at radius 3 is 0.698 bits per heavy atom. The number of fused-ring (bicyclic) bond motifs is 9. The summed E-state index contributed by atoms with van der Waals surface area (Å²) in [4.78, 5) is 118. The van der Waals surface area contributed by atoms with Crippen LogP contribution >= 0.6 is 0 Å². The quantitative estimate of drug-likeness (QED) is 0.0220. The summed E-state index contributed by atoms with van der Waals surface area (Å²) in [6.07, 6.45) is 0. The van der Waals surface area contributed by atoms with Gasteiger partial charge in [-0.1, -0.05) is 156 Å². The van der Waals surface area contributed by atoms with Crippen molar-refractivity contribution in [3.05, 3.63) is 222 Å². The Morgan fingerprint density at radius 1 is 0.259 bits per heavy atom. The maximum absolute atomic E-state index is 15.1. The molecule has 0 aliphatic rings. The van der Waals surface area contributed by atoms with Crippen molar-refractivity contribution < 1.29 is 57.2 Å². The van der Waals surface area contributed by atoms with Gasteiger partial charge in [-0.05, 0) is 121 Å². The van der Waals surface area contributed by atoms with Crippen molar-refractivity contribution in [1.29, 1.82) is 0 Å². The number of rotatable bonds is 31. The second-order valence-electron chi connectivity index (χ2n) is 31.2. The molecule has 0 unspecified atom stereocenters. The zero-order valence-electron chi connectivity index (χ0n) is 67.2. The van der Waals surface area contributed by atoms with Gasteiger partial charge in [0.15, 0.2) is 0 Å². The third-order valence-corrected chi connectivity index (χ3v) is 18.4. The average molecular weight is 1560 g/mol. The number of hydrogen-bond acceptors (Lipinski definition) is 18. The van der Waals surface area contributed by atoms with Gasteiger partial charge in [0.1, 0.15) is 102 Å². The van der Waals surface area contributed by atoms with Crippen LogP contribution in [0.4, 0.5) is 28.4 Å². The third kappa shape index (κ3) is 18.9. The summed E-state index contributed by atoms with van der Waals surface area (Å²) in [6.45, 7) is 27.8. The first-order valence-corrected chi connectivity index (χ1v) is 39.1. The number of amides is 6. The SMILES string of the molecule is CC(C)COc1cc(C(=O)Nc2ccccc2)nc2c1ccc1c(OCC(C)C)cc(C(=O)Nc3ccccc3NC(=O)c3cc(OCC(C)C)c4ccc5c(OCC(C)C)cc(C(=O)Nc6ccccc6NC(=O)c6cc(OCC(C)C)c7ccc8c(OCC(C)C)cc(C(=O)N[C@H](C)c9ccccc9)nc8c7n6)nc5c4n3)nc12. The van der Waals surface area contributed by atoms with Crippen molar-refractivity contribution in [3.8, 4) is 34.5 Å². The Labute approximate surface area is 672 Å². The molecule has 0 saturated heterocycles. The van der Waals surface area contributed by atoms with Crippen LogP contribution in [0.25, 0.3) is 65.4 Å². The monoisotopic (exact) mass is 1560 g/mol. The van der Waals surface area contributed by atoms with Crippen LogP contribution in [-0.4, -0.2) is 105 Å². The first kappa shape index (κ1) is 80.7. The highest BCUT2D eigenvalue weighted by atomic mass is 16.5. The standard InChI is InChI=1S/C92H94N12O12/c1-50(2)44-111-75-38-69(87(105)93-56(13)57-24-16-14-17-25-57)95-81-59(75)32-34-61-77(113-46-52(5)6)40-71(97-83(61)81)89(107)101-65-28-20-22-30-67(65)103-91(109)73-42-79(115-48-54(9)10)63-36-37-64-80(116-49-55(11)12)43-74(100-86(64)85(63)99-73)92(110)104-68-31-23-21-29-66(68)102-90(108)72-41-78(114-47-53(7)8)62-35-33-60-76(112-45-51(3)4)39-70(96-82(60)84(62)98-72)88(106)94-58-26-18-15-19-27-58/h14-43,50-56H,44-49H2,1-13H3,(H,93,105)(H,94,106)(H,101,107)(H,102,108)(H,103,109)(H,104,110)/t56-/m1/s1. The molecule has 0 aliphatic heterocycles. The predicted octanol–water partition coefficient (Wildman–Crippen LogP) is 18.9. The topological polar surface area (TPSA) is 307 Å². The number of benzene rings is 7. The first-order valence-electron chi connectivity index (χ1n) is 39.1. The third-order valence-electron chi connectivity index (χ3n) is 18.4. The molecule has 6 amide bonds. The highest BCUT2D eigenvalue weighted by Crippen LogP contribution is 2.41. The van der Waals surface area contributed by atoms with E-state index < -0.39 is 35.4 Å². The molecule has 7 aromatic carbocycles. The predicted molar refractivity (Wildman–Crippen MR) is 455 cm³/mol. The number of carbonyl (C=O) groups excluding carboxylic acids is 6. The molecule has 0 spiro atoms. The van der Waals surface area contributed by atoms with Gasteiger partial charge in [0.05, 0.1) is 68.4 Å². The molecule has 24 nitrogen and oxygen atoms in total. The van der Waals surface area contributed by atoms with E-state index in [4.69, 9.17) is 58.3 Å². The van der Waals surface area contributed by atoms with E-state index in [1.54, 1.807) is 84.9 Å². The summed E-state index contributed by atoms with van der Waals surface area (Å²) >= 11 is 0. The zero-order valence-corrected chi connectivity index (χ0v) is 67.2. The summed E-state index contributed by atoms with van der Waals surface area (Å²) in [7, 11) is 0. The molecule has 594 valence electrons. The van der Waals surface area contributed by atoms with Gasteiger partial charge in [-0.15, -0.1) is 0 Å². The number of hydrogen-bond donors (Lipinski definition) is 6. The molecule has 116 heavy (non-hydrogen) atoms. The molecule has 6 heterocycles. The van der Waals surface area contributed by atoms with Gasteiger partial charge in [0.2, 0.25) is 0 Å². The fourth-order valence-electron chi connectivity index (χ4n) is 12.7. The van der Waals surface area contributed by atoms with Crippen molar-refractivity contribution in [2.45, 2.75) is 96.1 Å². The summed E-state index contributed by atoms with van der Waals surface area (Å²) in [5.74, 6) is -0.921. The van der Waals surface area contributed by atoms with Gasteiger partial charge >= 0.3 is 0 Å². The van der Waals surface area contributed by atoms with Crippen molar-refractivity contribution in [3.63, 3.8) is 0 Å². The molecule has 1 atom stereocenters. The zero-order chi connectivity index (χ0) is 82.0. The maximum atomic E-state index is 15.1. The van der Waals surface area contributed by atoms with E-state index in [0.717, 1.165) is 5.56 Å². The normalized spacial score (nSPS) is 11.8. The Hall–Kier alpha value is -13.4. The van der Waals surface area contributed by atoms with Gasteiger partial charge in [-0.3, -0.25) is 28.8 Å². The highest BCUT2D eigenvalue weighted by molar-refractivity contribution is 6.17. The van der Waals surface area contributed by atoms with E-state index in [9.17, 15) is 19.2 Å². The second kappa shape index (κ2) is 35.8. The van der Waals surface area contributed by atoms with Crippen molar-refractivity contribution >= 4 is 129 Å². The lowest BCUT2D eigenvalue weighted by Crippen LogP contribution is -2.27. The minimum Gasteiger partial charge on any atom is -0.493 e. The molecule has 24 heteroatoms. The summed E-state index contributed by atoms with van der Waals surface area (Å²) < 4.78 is 38.6. The number of pyridine rings is 6. The minimum atomic E-state index is -0.691. The van der Waals surface area contributed by atoms with Gasteiger partial charge in [0.25, 0.3) is 35.4 Å².